The second-order valence-electron chi connectivity index (χ2n) is 6.60. The molecule has 0 spiro atoms. The Hall–Kier alpha value is -1.62. The number of nitrogens with zero attached hydrogens (tertiary/aromatic N) is 1. The molecule has 1 aromatic heterocycles. The molecule has 1 unspecified atom stereocenters. The fraction of sp³-hybridized carbons (Fsp3) is 0.250. The first kappa shape index (κ1) is 17.2. The molecule has 124 valence electrons. The molecular weight excluding hydrogens is 332 g/mol. The van der Waals surface area contributed by atoms with Crippen molar-refractivity contribution in [3.05, 3.63) is 71.9 Å². The van der Waals surface area contributed by atoms with E-state index in [9.17, 15) is 0 Å². The van der Waals surface area contributed by atoms with Crippen molar-refractivity contribution >= 4 is 23.3 Å². The summed E-state index contributed by atoms with van der Waals surface area (Å²) >= 11 is 3.12. The molecule has 0 bridgehead atoms. The zero-order valence-corrected chi connectivity index (χ0v) is 15.6. The van der Waals surface area contributed by atoms with Gasteiger partial charge in [-0.15, -0.1) is 11.3 Å². The van der Waals surface area contributed by atoms with Gasteiger partial charge in [0.2, 0.25) is 0 Å². The van der Waals surface area contributed by atoms with Gasteiger partial charge in [-0.2, -0.15) is 0 Å². The van der Waals surface area contributed by atoms with E-state index < -0.39 is 0 Å². The summed E-state index contributed by atoms with van der Waals surface area (Å²) in [6.45, 7) is 4.64. The second kappa shape index (κ2) is 7.51. The predicted octanol–water partition coefficient (Wildman–Crippen LogP) is 5.98. The Kier molecular flexibility index (Phi) is 5.39. The van der Waals surface area contributed by atoms with Crippen molar-refractivity contribution in [1.82, 2.24) is 4.98 Å². The van der Waals surface area contributed by atoms with Gasteiger partial charge in [0, 0.05) is 17.0 Å². The zero-order chi connectivity index (χ0) is 17.0. The molecule has 1 heterocycles. The van der Waals surface area contributed by atoms with Crippen LogP contribution in [0, 0.1) is 5.41 Å². The highest BCUT2D eigenvalue weighted by Gasteiger charge is 2.48. The number of nitrogens with two attached hydrogens (primary N) is 1. The van der Waals surface area contributed by atoms with Crippen molar-refractivity contribution in [1.29, 1.82) is 0 Å². The fourth-order valence-electron chi connectivity index (χ4n) is 2.57. The first-order valence-corrected chi connectivity index (χ1v) is 9.73. The van der Waals surface area contributed by atoms with Crippen LogP contribution in [0.15, 0.2) is 71.8 Å². The van der Waals surface area contributed by atoms with Crippen LogP contribution in [0.25, 0.3) is 10.4 Å². The summed E-state index contributed by atoms with van der Waals surface area (Å²) in [5.41, 5.74) is 1.76. The molecule has 2 aromatic carbocycles. The van der Waals surface area contributed by atoms with Gasteiger partial charge in [0.05, 0.1) is 9.88 Å². The molecule has 0 saturated heterocycles. The minimum Gasteiger partial charge on any atom is -0.274 e. The number of benzene rings is 2. The highest BCUT2D eigenvalue weighted by molar-refractivity contribution is 7.97. The number of hydrogen-bond donors (Lipinski definition) is 1. The molecule has 0 radical (unpaired) electrons. The summed E-state index contributed by atoms with van der Waals surface area (Å²) in [5.74, 6) is 0.690. The van der Waals surface area contributed by atoms with Crippen LogP contribution in [0.5, 0.6) is 0 Å². The van der Waals surface area contributed by atoms with Crippen molar-refractivity contribution in [2.75, 3.05) is 0 Å². The van der Waals surface area contributed by atoms with Crippen LogP contribution in [-0.4, -0.2) is 4.98 Å². The molecule has 1 fully saturated rings. The van der Waals surface area contributed by atoms with Gasteiger partial charge in [0.1, 0.15) is 0 Å². The third kappa shape index (κ3) is 4.26. The Bertz CT molecular complexity index is 767. The Morgan fingerprint density at radius 3 is 2.12 bits per heavy atom. The Labute approximate surface area is 152 Å². The van der Waals surface area contributed by atoms with E-state index in [1.165, 1.54) is 33.8 Å². The third-order valence-electron chi connectivity index (χ3n) is 4.27. The van der Waals surface area contributed by atoms with Crippen molar-refractivity contribution in [3.8, 4) is 10.4 Å². The quantitative estimate of drug-likeness (QED) is 0.588. The summed E-state index contributed by atoms with van der Waals surface area (Å²) in [6, 6.07) is 20.4. The molecule has 4 heteroatoms. The van der Waals surface area contributed by atoms with Crippen molar-refractivity contribution < 1.29 is 0 Å². The maximum atomic E-state index is 5.27. The largest absolute Gasteiger partial charge is 0.274 e. The lowest BCUT2D eigenvalue weighted by atomic mass is 10.1. The minimum absolute atomic E-state index is 0.478. The summed E-state index contributed by atoms with van der Waals surface area (Å²) in [7, 11) is 0. The molecule has 1 aliphatic rings. The lowest BCUT2D eigenvalue weighted by molar-refractivity contribution is 0.620. The SMILES string of the molecule is CC1(C)CC1c1ncc(-c2ccccc2)s1.NSc1ccccc1. The molecule has 1 saturated carbocycles. The van der Waals surface area contributed by atoms with Gasteiger partial charge >= 0.3 is 0 Å². The zero-order valence-electron chi connectivity index (χ0n) is 14.0. The van der Waals surface area contributed by atoms with Crippen molar-refractivity contribution in [3.63, 3.8) is 0 Å². The molecule has 1 aliphatic carbocycles. The van der Waals surface area contributed by atoms with Crippen LogP contribution in [-0.2, 0) is 0 Å². The van der Waals surface area contributed by atoms with Gasteiger partial charge in [-0.05, 0) is 41.5 Å². The highest BCUT2D eigenvalue weighted by Crippen LogP contribution is 2.59. The van der Waals surface area contributed by atoms with Gasteiger partial charge in [-0.25, -0.2) is 4.98 Å². The molecule has 2 N–H and O–H groups in total. The van der Waals surface area contributed by atoms with E-state index in [2.05, 4.69) is 49.2 Å². The Balaban J connectivity index is 0.000000179. The van der Waals surface area contributed by atoms with Gasteiger partial charge < -0.3 is 0 Å². The highest BCUT2D eigenvalue weighted by atomic mass is 32.2. The number of thiazole rings is 1. The molecule has 4 rings (SSSR count). The minimum atomic E-state index is 0.478. The predicted molar refractivity (Wildman–Crippen MR) is 105 cm³/mol. The maximum absolute atomic E-state index is 5.27. The number of hydrogen-bond acceptors (Lipinski definition) is 4. The average molecular weight is 355 g/mol. The maximum Gasteiger partial charge on any atom is 0.0967 e. The standard InChI is InChI=1S/C14H15NS.C6H7NS/c1-14(2)8-11(14)13-15-9-12(16-13)10-6-4-3-5-7-10;7-8-6-4-2-1-3-5-6/h3-7,9,11H,8H2,1-2H3;1-5H,7H2. The Morgan fingerprint density at radius 1 is 1.04 bits per heavy atom. The van der Waals surface area contributed by atoms with Crippen LogP contribution in [0.4, 0.5) is 0 Å². The van der Waals surface area contributed by atoms with Gasteiger partial charge in [0.15, 0.2) is 0 Å². The summed E-state index contributed by atoms with van der Waals surface area (Å²) in [5, 5.41) is 6.58. The van der Waals surface area contributed by atoms with E-state index in [4.69, 9.17) is 5.14 Å². The van der Waals surface area contributed by atoms with E-state index in [0.717, 1.165) is 4.90 Å². The average Bonchev–Trinajstić information content (AvgIpc) is 3.04. The lowest BCUT2D eigenvalue weighted by Crippen LogP contribution is -1.87. The molecule has 0 amide bonds. The van der Waals surface area contributed by atoms with Crippen LogP contribution in [0.1, 0.15) is 31.2 Å². The van der Waals surface area contributed by atoms with Crippen LogP contribution in [0.3, 0.4) is 0 Å². The molecule has 2 nitrogen and oxygen atoms in total. The van der Waals surface area contributed by atoms with Crippen molar-refractivity contribution in [2.45, 2.75) is 31.1 Å². The molecule has 1 atom stereocenters. The van der Waals surface area contributed by atoms with E-state index in [0.29, 0.717) is 11.3 Å². The van der Waals surface area contributed by atoms with E-state index in [-0.39, 0.29) is 0 Å². The molecule has 3 aromatic rings. The van der Waals surface area contributed by atoms with Crippen LogP contribution < -0.4 is 5.14 Å². The van der Waals surface area contributed by atoms with E-state index in [1.54, 1.807) is 0 Å². The first-order valence-electron chi connectivity index (χ1n) is 8.03. The summed E-state index contributed by atoms with van der Waals surface area (Å²) < 4.78 is 0. The Morgan fingerprint density at radius 2 is 1.62 bits per heavy atom. The monoisotopic (exact) mass is 354 g/mol. The van der Waals surface area contributed by atoms with Gasteiger partial charge in [-0.3, -0.25) is 5.14 Å². The van der Waals surface area contributed by atoms with Crippen LogP contribution in [0.2, 0.25) is 0 Å². The number of aromatic nitrogens is 1. The summed E-state index contributed by atoms with van der Waals surface area (Å²) in [4.78, 5) is 6.96. The first-order chi connectivity index (χ1) is 11.6. The van der Waals surface area contributed by atoms with Crippen LogP contribution >= 0.6 is 23.3 Å². The van der Waals surface area contributed by atoms with E-state index in [1.807, 2.05) is 47.9 Å². The smallest absolute Gasteiger partial charge is 0.0967 e. The third-order valence-corrected chi connectivity index (χ3v) is 5.98. The molecule has 0 aliphatic heterocycles. The topological polar surface area (TPSA) is 38.9 Å². The van der Waals surface area contributed by atoms with Gasteiger partial charge in [0.25, 0.3) is 0 Å². The van der Waals surface area contributed by atoms with Gasteiger partial charge in [-0.1, -0.05) is 62.4 Å². The molecular formula is C20H22N2S2. The fourth-order valence-corrected chi connectivity index (χ4v) is 4.12. The second-order valence-corrected chi connectivity index (χ2v) is 8.37. The number of rotatable bonds is 3. The van der Waals surface area contributed by atoms with Crippen molar-refractivity contribution in [2.24, 2.45) is 10.6 Å². The normalized spacial score (nSPS) is 17.7. The van der Waals surface area contributed by atoms with E-state index >= 15 is 0 Å². The lowest BCUT2D eigenvalue weighted by Gasteiger charge is -1.98. The summed E-state index contributed by atoms with van der Waals surface area (Å²) in [6.07, 6.45) is 3.30. The molecule has 24 heavy (non-hydrogen) atoms.